The van der Waals surface area contributed by atoms with Gasteiger partial charge in [-0.1, -0.05) is 29.5 Å². The number of rotatable bonds is 4. The topological polar surface area (TPSA) is 60.7 Å². The molecule has 4 rings (SSSR count). The number of thiophene rings is 1. The molecule has 0 spiro atoms. The molecule has 0 saturated carbocycles. The Bertz CT molecular complexity index is 1270. The lowest BCUT2D eigenvalue weighted by Crippen LogP contribution is -2.39. The van der Waals surface area contributed by atoms with Gasteiger partial charge in [0.2, 0.25) is 0 Å². The lowest BCUT2D eigenvalue weighted by atomic mass is 10.0. The Labute approximate surface area is 173 Å². The molecule has 8 heteroatoms. The summed E-state index contributed by atoms with van der Waals surface area (Å²) in [6, 6.07) is 9.11. The molecule has 0 aliphatic carbocycles. The van der Waals surface area contributed by atoms with Gasteiger partial charge >= 0.3 is 5.97 Å². The number of fused-ring (bicyclic) bond motifs is 1. The third kappa shape index (κ3) is 3.61. The van der Waals surface area contributed by atoms with E-state index in [2.05, 4.69) is 4.99 Å². The Balaban J connectivity index is 1.93. The van der Waals surface area contributed by atoms with E-state index in [0.29, 0.717) is 26.2 Å². The molecule has 1 aromatic carbocycles. The smallest absolute Gasteiger partial charge is 0.338 e. The molecule has 0 N–H and O–H groups in total. The SMILES string of the molecule is CCOC(=O)C1=C(C)N=c2s/c(=C\c3ccc(F)cc3)c(=O)n2[C@@H]1c1cccs1. The van der Waals surface area contributed by atoms with Crippen LogP contribution in [-0.4, -0.2) is 17.1 Å². The van der Waals surface area contributed by atoms with Gasteiger partial charge in [0, 0.05) is 4.88 Å². The summed E-state index contributed by atoms with van der Waals surface area (Å²) < 4.78 is 20.4. The molecule has 29 heavy (non-hydrogen) atoms. The number of benzene rings is 1. The molecule has 3 heterocycles. The highest BCUT2D eigenvalue weighted by Crippen LogP contribution is 2.33. The van der Waals surface area contributed by atoms with Gasteiger partial charge in [-0.15, -0.1) is 11.3 Å². The number of carbonyl (C=O) groups excluding carboxylic acids is 1. The van der Waals surface area contributed by atoms with Crippen LogP contribution < -0.4 is 14.9 Å². The number of esters is 1. The van der Waals surface area contributed by atoms with E-state index in [1.54, 1.807) is 36.6 Å². The summed E-state index contributed by atoms with van der Waals surface area (Å²) in [5.41, 5.74) is 1.38. The maximum absolute atomic E-state index is 13.3. The third-order valence-corrected chi connectivity index (χ3v) is 6.41. The molecule has 0 radical (unpaired) electrons. The number of hydrogen-bond donors (Lipinski definition) is 0. The maximum atomic E-state index is 13.3. The van der Waals surface area contributed by atoms with Crippen molar-refractivity contribution in [3.8, 4) is 0 Å². The fourth-order valence-electron chi connectivity index (χ4n) is 3.22. The fourth-order valence-corrected chi connectivity index (χ4v) is 5.09. The highest BCUT2D eigenvalue weighted by Gasteiger charge is 2.33. The molecule has 3 aromatic rings. The average molecular weight is 429 g/mol. The van der Waals surface area contributed by atoms with Crippen LogP contribution in [0.3, 0.4) is 0 Å². The monoisotopic (exact) mass is 428 g/mol. The molecule has 5 nitrogen and oxygen atoms in total. The molecule has 0 fully saturated rings. The van der Waals surface area contributed by atoms with Gasteiger partial charge in [-0.2, -0.15) is 0 Å². The highest BCUT2D eigenvalue weighted by atomic mass is 32.1. The second-order valence-corrected chi connectivity index (χ2v) is 8.36. The van der Waals surface area contributed by atoms with Crippen LogP contribution in [0, 0.1) is 5.82 Å². The summed E-state index contributed by atoms with van der Waals surface area (Å²) in [4.78, 5) is 31.8. The highest BCUT2D eigenvalue weighted by molar-refractivity contribution is 7.10. The average Bonchev–Trinajstić information content (AvgIpc) is 3.32. The fraction of sp³-hybridized carbons (Fsp3) is 0.190. The van der Waals surface area contributed by atoms with Gasteiger partial charge in [0.15, 0.2) is 4.80 Å². The van der Waals surface area contributed by atoms with Crippen molar-refractivity contribution >= 4 is 34.7 Å². The summed E-state index contributed by atoms with van der Waals surface area (Å²) in [5, 5.41) is 1.90. The van der Waals surface area contributed by atoms with Crippen LogP contribution in [0.2, 0.25) is 0 Å². The van der Waals surface area contributed by atoms with Gasteiger partial charge < -0.3 is 4.74 Å². The minimum Gasteiger partial charge on any atom is -0.463 e. The number of carbonyl (C=O) groups is 1. The van der Waals surface area contributed by atoms with Crippen LogP contribution in [0.5, 0.6) is 0 Å². The Hall–Kier alpha value is -2.84. The number of thiazole rings is 1. The first-order valence-corrected chi connectivity index (χ1v) is 10.7. The van der Waals surface area contributed by atoms with Crippen LogP contribution in [0.15, 0.2) is 62.8 Å². The summed E-state index contributed by atoms with van der Waals surface area (Å²) in [6.07, 6.45) is 1.71. The summed E-state index contributed by atoms with van der Waals surface area (Å²) in [5.74, 6) is -0.809. The first-order valence-electron chi connectivity index (χ1n) is 8.98. The maximum Gasteiger partial charge on any atom is 0.338 e. The van der Waals surface area contributed by atoms with Crippen molar-refractivity contribution in [1.82, 2.24) is 4.57 Å². The predicted molar refractivity (Wildman–Crippen MR) is 111 cm³/mol. The number of nitrogens with zero attached hydrogens (tertiary/aromatic N) is 2. The standard InChI is InChI=1S/C21H17FN2O3S2/c1-3-27-20(26)17-12(2)23-21-24(18(17)15-5-4-10-28-15)19(25)16(29-21)11-13-6-8-14(22)9-7-13/h4-11,18H,3H2,1-2H3/b16-11-/t18-/m1/s1. The minimum atomic E-state index is -0.583. The second-order valence-electron chi connectivity index (χ2n) is 6.37. The van der Waals surface area contributed by atoms with Crippen LogP contribution in [0.4, 0.5) is 4.39 Å². The summed E-state index contributed by atoms with van der Waals surface area (Å²) in [7, 11) is 0. The lowest BCUT2D eigenvalue weighted by Gasteiger charge is -2.23. The van der Waals surface area contributed by atoms with E-state index in [1.807, 2.05) is 17.5 Å². The molecule has 0 saturated heterocycles. The van der Waals surface area contributed by atoms with Crippen molar-refractivity contribution in [3.63, 3.8) is 0 Å². The molecule has 0 amide bonds. The van der Waals surface area contributed by atoms with E-state index >= 15 is 0 Å². The van der Waals surface area contributed by atoms with Crippen molar-refractivity contribution in [2.75, 3.05) is 6.61 Å². The minimum absolute atomic E-state index is 0.238. The van der Waals surface area contributed by atoms with Crippen LogP contribution in [-0.2, 0) is 9.53 Å². The molecule has 148 valence electrons. The Morgan fingerprint density at radius 3 is 2.72 bits per heavy atom. The summed E-state index contributed by atoms with van der Waals surface area (Å²) >= 11 is 2.71. The van der Waals surface area contributed by atoms with Crippen LogP contribution in [0.1, 0.15) is 30.3 Å². The van der Waals surface area contributed by atoms with E-state index in [4.69, 9.17) is 4.74 Å². The van der Waals surface area contributed by atoms with Crippen molar-refractivity contribution in [1.29, 1.82) is 0 Å². The van der Waals surface area contributed by atoms with Crippen molar-refractivity contribution in [2.45, 2.75) is 19.9 Å². The summed E-state index contributed by atoms with van der Waals surface area (Å²) in [6.45, 7) is 3.73. The molecule has 1 aliphatic heterocycles. The normalized spacial score (nSPS) is 16.5. The largest absolute Gasteiger partial charge is 0.463 e. The Kier molecular flexibility index (Phi) is 5.29. The second kappa shape index (κ2) is 7.88. The van der Waals surface area contributed by atoms with Gasteiger partial charge in [-0.3, -0.25) is 9.36 Å². The lowest BCUT2D eigenvalue weighted by molar-refractivity contribution is -0.139. The number of aromatic nitrogens is 1. The van der Waals surface area contributed by atoms with Gasteiger partial charge in [-0.05, 0) is 49.1 Å². The quantitative estimate of drug-likeness (QED) is 0.601. The van der Waals surface area contributed by atoms with E-state index in [-0.39, 0.29) is 18.0 Å². The number of ether oxygens (including phenoxy) is 1. The Morgan fingerprint density at radius 1 is 1.31 bits per heavy atom. The number of hydrogen-bond acceptors (Lipinski definition) is 6. The first-order chi connectivity index (χ1) is 14.0. The first kappa shape index (κ1) is 19.5. The zero-order chi connectivity index (χ0) is 20.5. The van der Waals surface area contributed by atoms with Gasteiger partial charge in [0.05, 0.1) is 22.4 Å². The number of halogens is 1. The Morgan fingerprint density at radius 2 is 2.07 bits per heavy atom. The predicted octanol–water partition coefficient (Wildman–Crippen LogP) is 3.00. The molecular weight excluding hydrogens is 411 g/mol. The van der Waals surface area contributed by atoms with Gasteiger partial charge in [0.1, 0.15) is 11.9 Å². The van der Waals surface area contributed by atoms with Gasteiger partial charge in [0.25, 0.3) is 5.56 Å². The third-order valence-electron chi connectivity index (χ3n) is 4.50. The molecule has 1 aliphatic rings. The van der Waals surface area contributed by atoms with E-state index < -0.39 is 12.0 Å². The van der Waals surface area contributed by atoms with E-state index in [1.165, 1.54) is 34.8 Å². The molecule has 1 atom stereocenters. The van der Waals surface area contributed by atoms with E-state index in [9.17, 15) is 14.0 Å². The molecule has 0 bridgehead atoms. The van der Waals surface area contributed by atoms with Gasteiger partial charge in [-0.25, -0.2) is 14.2 Å². The van der Waals surface area contributed by atoms with Crippen molar-refractivity contribution < 1.29 is 13.9 Å². The van der Waals surface area contributed by atoms with Crippen molar-refractivity contribution in [2.24, 2.45) is 4.99 Å². The zero-order valence-electron chi connectivity index (χ0n) is 15.7. The van der Waals surface area contributed by atoms with Crippen LogP contribution in [0.25, 0.3) is 6.08 Å². The molecular formula is C21H17FN2O3S2. The molecule has 2 aromatic heterocycles. The number of allylic oxidation sites excluding steroid dienone is 1. The zero-order valence-corrected chi connectivity index (χ0v) is 17.3. The van der Waals surface area contributed by atoms with E-state index in [0.717, 1.165) is 4.88 Å². The molecule has 0 unspecified atom stereocenters. The van der Waals surface area contributed by atoms with Crippen molar-refractivity contribution in [3.05, 3.63) is 89.0 Å². The van der Waals surface area contributed by atoms with Crippen LogP contribution >= 0.6 is 22.7 Å².